The summed E-state index contributed by atoms with van der Waals surface area (Å²) in [6, 6.07) is 13.7. The van der Waals surface area contributed by atoms with Crippen molar-refractivity contribution in [2.75, 3.05) is 11.9 Å². The predicted octanol–water partition coefficient (Wildman–Crippen LogP) is 5.74. The number of hydrogen-bond donors (Lipinski definition) is 3. The second-order valence-corrected chi connectivity index (χ2v) is 12.7. The first-order valence-electron chi connectivity index (χ1n) is 14.8. The van der Waals surface area contributed by atoms with Crippen LogP contribution in [0.4, 0.5) is 10.5 Å². The van der Waals surface area contributed by atoms with Crippen LogP contribution in [0.5, 0.6) is 0 Å². The molecule has 2 aromatic carbocycles. The van der Waals surface area contributed by atoms with Crippen molar-refractivity contribution in [2.24, 2.45) is 11.8 Å². The number of hydrogen-bond acceptors (Lipinski definition) is 5. The van der Waals surface area contributed by atoms with E-state index in [1.54, 1.807) is 17.9 Å². The lowest BCUT2D eigenvalue weighted by Gasteiger charge is -2.35. The number of nitrogens with zero attached hydrogens (tertiary/aromatic N) is 1. The van der Waals surface area contributed by atoms with Crippen LogP contribution in [0.25, 0.3) is 0 Å². The zero-order chi connectivity index (χ0) is 30.6. The second-order valence-electron chi connectivity index (χ2n) is 12.7. The van der Waals surface area contributed by atoms with Crippen molar-refractivity contribution in [1.29, 1.82) is 0 Å². The van der Waals surface area contributed by atoms with Gasteiger partial charge in [-0.2, -0.15) is 0 Å². The summed E-state index contributed by atoms with van der Waals surface area (Å²) in [6.45, 7) is 9.72. The van der Waals surface area contributed by atoms with Crippen LogP contribution in [0.1, 0.15) is 87.2 Å². The van der Waals surface area contributed by atoms with Crippen LogP contribution in [0.3, 0.4) is 0 Å². The van der Waals surface area contributed by atoms with Gasteiger partial charge in [0, 0.05) is 30.1 Å². The number of aryl methyl sites for hydroxylation is 1. The van der Waals surface area contributed by atoms with Crippen molar-refractivity contribution < 1.29 is 29.0 Å². The number of likely N-dealkylation sites (tertiary alicyclic amines) is 1. The van der Waals surface area contributed by atoms with E-state index in [1.165, 1.54) is 12.1 Å². The summed E-state index contributed by atoms with van der Waals surface area (Å²) in [4.78, 5) is 53.1. The molecular formula is C33H43N3O6. The van der Waals surface area contributed by atoms with Gasteiger partial charge in [0.1, 0.15) is 11.6 Å². The minimum absolute atomic E-state index is 0.00210. The summed E-state index contributed by atoms with van der Waals surface area (Å²) in [7, 11) is 0. The number of carboxylic acids is 1. The molecule has 9 nitrogen and oxygen atoms in total. The Kier molecular flexibility index (Phi) is 9.59. The first-order valence-corrected chi connectivity index (χ1v) is 14.8. The third kappa shape index (κ3) is 7.49. The molecule has 1 saturated carbocycles. The number of carbonyl (C=O) groups is 4. The standard InChI is InChI=1S/C33H43N3O6/c1-20-19-25(31(39)40)15-16-27(20)35-29(37)28-26(23-9-7-6-8-10-23)17-18-36(28)30(38)24-13-11-22(12-14-24)21(2)34-32(41)42-33(3,4)5/h6-10,15-16,19,21-22,24,26,28H,11-14,17-18H2,1-5H3,(H,34,41)(H,35,37)(H,39,40)/t21?,22?,24?,26-,28-/m0/s1. The van der Waals surface area contributed by atoms with E-state index in [4.69, 9.17) is 4.74 Å². The monoisotopic (exact) mass is 577 g/mol. The minimum atomic E-state index is -1.03. The molecule has 1 aliphatic heterocycles. The molecule has 3 amide bonds. The summed E-state index contributed by atoms with van der Waals surface area (Å²) >= 11 is 0. The molecular weight excluding hydrogens is 534 g/mol. The van der Waals surface area contributed by atoms with Gasteiger partial charge in [-0.25, -0.2) is 9.59 Å². The van der Waals surface area contributed by atoms with E-state index in [0.29, 0.717) is 37.1 Å². The molecule has 0 radical (unpaired) electrons. The zero-order valence-corrected chi connectivity index (χ0v) is 25.2. The number of carboxylic acid groups (broad SMARTS) is 1. The molecule has 3 atom stereocenters. The highest BCUT2D eigenvalue weighted by atomic mass is 16.6. The maximum atomic E-state index is 13.9. The Balaban J connectivity index is 1.46. The Bertz CT molecular complexity index is 1300. The quantitative estimate of drug-likeness (QED) is 0.386. The molecule has 1 saturated heterocycles. The number of alkyl carbamates (subject to hydrolysis) is 1. The molecule has 2 aliphatic rings. The molecule has 0 bridgehead atoms. The van der Waals surface area contributed by atoms with Crippen molar-refractivity contribution in [3.8, 4) is 0 Å². The zero-order valence-electron chi connectivity index (χ0n) is 25.2. The fourth-order valence-electron chi connectivity index (χ4n) is 6.27. The van der Waals surface area contributed by atoms with Crippen molar-refractivity contribution in [2.45, 2.75) is 90.3 Å². The lowest BCUT2D eigenvalue weighted by atomic mass is 9.78. The summed E-state index contributed by atoms with van der Waals surface area (Å²) in [6.07, 6.45) is 3.24. The average molecular weight is 578 g/mol. The minimum Gasteiger partial charge on any atom is -0.478 e. The lowest BCUT2D eigenvalue weighted by molar-refractivity contribution is -0.141. The number of carbonyl (C=O) groups excluding carboxylic acids is 3. The molecule has 0 spiro atoms. The maximum Gasteiger partial charge on any atom is 0.407 e. The lowest BCUT2D eigenvalue weighted by Crippen LogP contribution is -2.48. The van der Waals surface area contributed by atoms with Gasteiger partial charge in [0.05, 0.1) is 5.56 Å². The van der Waals surface area contributed by atoms with Gasteiger partial charge in [-0.3, -0.25) is 9.59 Å². The van der Waals surface area contributed by atoms with Gasteiger partial charge in [-0.05, 0) is 102 Å². The summed E-state index contributed by atoms with van der Waals surface area (Å²) < 4.78 is 5.40. The second kappa shape index (κ2) is 13.0. The van der Waals surface area contributed by atoms with E-state index < -0.39 is 23.7 Å². The molecule has 0 aromatic heterocycles. The Morgan fingerprint density at radius 1 is 0.976 bits per heavy atom. The van der Waals surface area contributed by atoms with Crippen LogP contribution >= 0.6 is 0 Å². The van der Waals surface area contributed by atoms with Gasteiger partial charge >= 0.3 is 12.1 Å². The smallest absolute Gasteiger partial charge is 0.407 e. The highest BCUT2D eigenvalue weighted by Gasteiger charge is 2.45. The number of amides is 3. The fraction of sp³-hybridized carbons (Fsp3) is 0.515. The molecule has 4 rings (SSSR count). The van der Waals surface area contributed by atoms with E-state index in [1.807, 2.05) is 58.0 Å². The Hall–Kier alpha value is -3.88. The average Bonchev–Trinajstić information content (AvgIpc) is 3.38. The number of benzene rings is 2. The summed E-state index contributed by atoms with van der Waals surface area (Å²) in [5, 5.41) is 15.2. The van der Waals surface area contributed by atoms with Crippen LogP contribution < -0.4 is 10.6 Å². The molecule has 42 heavy (non-hydrogen) atoms. The van der Waals surface area contributed by atoms with E-state index in [0.717, 1.165) is 18.4 Å². The third-order valence-corrected chi connectivity index (χ3v) is 8.48. The number of ether oxygens (including phenoxy) is 1. The number of nitrogens with one attached hydrogen (secondary N) is 2. The fourth-order valence-corrected chi connectivity index (χ4v) is 6.27. The first kappa shape index (κ1) is 31.1. The third-order valence-electron chi connectivity index (χ3n) is 8.48. The van der Waals surface area contributed by atoms with Crippen LogP contribution in [-0.2, 0) is 14.3 Å². The van der Waals surface area contributed by atoms with Crippen LogP contribution in [0.2, 0.25) is 0 Å². The van der Waals surface area contributed by atoms with Crippen LogP contribution in [0.15, 0.2) is 48.5 Å². The number of aromatic carboxylic acids is 1. The first-order chi connectivity index (χ1) is 19.8. The maximum absolute atomic E-state index is 13.9. The van der Waals surface area contributed by atoms with Crippen LogP contribution in [0, 0.1) is 18.8 Å². The highest BCUT2D eigenvalue weighted by Crippen LogP contribution is 2.38. The van der Waals surface area contributed by atoms with E-state index in [-0.39, 0.29) is 41.2 Å². The van der Waals surface area contributed by atoms with Gasteiger partial charge in [0.15, 0.2) is 0 Å². The van der Waals surface area contributed by atoms with E-state index in [9.17, 15) is 24.3 Å². The number of anilines is 1. The van der Waals surface area contributed by atoms with Crippen molar-refractivity contribution in [3.05, 3.63) is 65.2 Å². The SMILES string of the molecule is Cc1cc(C(=O)O)ccc1NC(=O)[C@@H]1[C@H](c2ccccc2)CCN1C(=O)C1CCC(C(C)NC(=O)OC(C)(C)C)CC1. The summed E-state index contributed by atoms with van der Waals surface area (Å²) in [5.41, 5.74) is 1.77. The normalized spacial score (nSPS) is 23.1. The topological polar surface area (TPSA) is 125 Å². The molecule has 226 valence electrons. The van der Waals surface area contributed by atoms with E-state index in [2.05, 4.69) is 10.6 Å². The molecule has 1 unspecified atom stereocenters. The van der Waals surface area contributed by atoms with Crippen molar-refractivity contribution >= 4 is 29.6 Å². The molecule has 2 aromatic rings. The van der Waals surface area contributed by atoms with Gasteiger partial charge in [0.2, 0.25) is 11.8 Å². The number of rotatable bonds is 7. The van der Waals surface area contributed by atoms with Gasteiger partial charge in [-0.1, -0.05) is 30.3 Å². The molecule has 2 fully saturated rings. The van der Waals surface area contributed by atoms with Crippen molar-refractivity contribution in [3.63, 3.8) is 0 Å². The largest absolute Gasteiger partial charge is 0.478 e. The molecule has 1 aliphatic carbocycles. The van der Waals surface area contributed by atoms with Crippen LogP contribution in [-0.4, -0.2) is 58.1 Å². The van der Waals surface area contributed by atoms with Gasteiger partial charge < -0.3 is 25.4 Å². The molecule has 9 heteroatoms. The molecule has 3 N–H and O–H groups in total. The van der Waals surface area contributed by atoms with Gasteiger partial charge in [0.25, 0.3) is 0 Å². The highest BCUT2D eigenvalue weighted by molar-refractivity contribution is 5.99. The Morgan fingerprint density at radius 3 is 2.24 bits per heavy atom. The van der Waals surface area contributed by atoms with Gasteiger partial charge in [-0.15, -0.1) is 0 Å². The summed E-state index contributed by atoms with van der Waals surface area (Å²) in [5.74, 6) is -1.40. The Labute approximate surface area is 248 Å². The Morgan fingerprint density at radius 2 is 1.64 bits per heavy atom. The van der Waals surface area contributed by atoms with E-state index >= 15 is 0 Å². The van der Waals surface area contributed by atoms with Crippen molar-refractivity contribution in [1.82, 2.24) is 10.2 Å². The predicted molar refractivity (Wildman–Crippen MR) is 160 cm³/mol. The molecule has 1 heterocycles.